The Morgan fingerprint density at radius 2 is 1.80 bits per heavy atom. The third-order valence-electron chi connectivity index (χ3n) is 5.53. The number of halogens is 2. The fourth-order valence-corrected chi connectivity index (χ4v) is 4.95. The highest BCUT2D eigenvalue weighted by atomic mass is 35.5. The number of aliphatic hydroxyl groups excluding tert-OH is 1. The van der Waals surface area contributed by atoms with Crippen molar-refractivity contribution in [3.8, 4) is 11.5 Å². The summed E-state index contributed by atoms with van der Waals surface area (Å²) in [4.78, 5) is 29.9. The molecular formula is C30H25ClFNO6S. The molecule has 3 aromatic carbocycles. The Balaban J connectivity index is 1.64. The molecule has 4 rings (SSSR count). The molecule has 1 heterocycles. The number of aliphatic hydroxyl groups is 1. The number of benzene rings is 3. The third-order valence-corrected chi connectivity index (χ3v) is 6.88. The lowest BCUT2D eigenvalue weighted by molar-refractivity contribution is -0.138. The summed E-state index contributed by atoms with van der Waals surface area (Å²) >= 11 is 7.09. The molecule has 10 heteroatoms. The number of rotatable bonds is 9. The molecule has 206 valence electrons. The Morgan fingerprint density at radius 3 is 2.52 bits per heavy atom. The first kappa shape index (κ1) is 28.9. The number of aliphatic imine (C=N–C) groups is 1. The molecule has 0 unspecified atom stereocenters. The molecule has 0 aliphatic carbocycles. The smallest absolute Gasteiger partial charge is 0.344 e. The maximum Gasteiger partial charge on any atom is 0.344 e. The molecule has 0 spiro atoms. The van der Waals surface area contributed by atoms with Gasteiger partial charge in [-0.25, -0.2) is 14.2 Å². The Hall–Kier alpha value is -4.08. The van der Waals surface area contributed by atoms with Gasteiger partial charge in [0.15, 0.2) is 11.5 Å². The minimum Gasteiger partial charge on any atom is -0.506 e. The highest BCUT2D eigenvalue weighted by Crippen LogP contribution is 2.40. The van der Waals surface area contributed by atoms with Crippen LogP contribution in [0, 0.1) is 5.82 Å². The van der Waals surface area contributed by atoms with Crippen LogP contribution in [0.25, 0.3) is 6.08 Å². The molecule has 40 heavy (non-hydrogen) atoms. The normalized spacial score (nSPS) is 15.0. The third kappa shape index (κ3) is 6.91. The van der Waals surface area contributed by atoms with E-state index in [1.54, 1.807) is 61.5 Å². The molecule has 0 saturated carbocycles. The second-order valence-corrected chi connectivity index (χ2v) is 9.75. The molecule has 7 nitrogen and oxygen atoms in total. The maximum absolute atomic E-state index is 13.5. The van der Waals surface area contributed by atoms with E-state index in [2.05, 4.69) is 4.99 Å². The molecule has 0 saturated heterocycles. The Morgan fingerprint density at radius 1 is 1.00 bits per heavy atom. The van der Waals surface area contributed by atoms with Crippen LogP contribution in [0.2, 0.25) is 5.02 Å². The van der Waals surface area contributed by atoms with Crippen LogP contribution in [-0.4, -0.2) is 35.2 Å². The molecular weight excluding hydrogens is 557 g/mol. The number of amides is 1. The number of nitrogens with zero attached hydrogens (tertiary/aromatic N) is 1. The quantitative estimate of drug-likeness (QED) is 0.268. The molecule has 1 aliphatic rings. The van der Waals surface area contributed by atoms with Crippen molar-refractivity contribution >= 4 is 46.4 Å². The number of hydrogen-bond donors (Lipinski definition) is 1. The molecule has 0 radical (unpaired) electrons. The highest BCUT2D eigenvalue weighted by Gasteiger charge is 2.34. The molecule has 3 aromatic rings. The van der Waals surface area contributed by atoms with Crippen LogP contribution in [0.4, 0.5) is 4.39 Å². The van der Waals surface area contributed by atoms with Crippen molar-refractivity contribution < 1.29 is 33.3 Å². The first-order valence-electron chi connectivity index (χ1n) is 12.3. The van der Waals surface area contributed by atoms with Gasteiger partial charge in [0.05, 0.1) is 28.7 Å². The van der Waals surface area contributed by atoms with Crippen molar-refractivity contribution in [2.75, 3.05) is 13.2 Å². The van der Waals surface area contributed by atoms with Gasteiger partial charge in [-0.3, -0.25) is 4.79 Å². The summed E-state index contributed by atoms with van der Waals surface area (Å²) in [5.74, 6) is -1.30. The van der Waals surface area contributed by atoms with Crippen molar-refractivity contribution in [3.63, 3.8) is 0 Å². The summed E-state index contributed by atoms with van der Waals surface area (Å²) < 4.78 is 30.2. The first-order valence-corrected chi connectivity index (χ1v) is 13.5. The van der Waals surface area contributed by atoms with Crippen LogP contribution < -0.4 is 9.47 Å². The van der Waals surface area contributed by atoms with Gasteiger partial charge in [0.25, 0.3) is 5.91 Å². The molecule has 0 atom stereocenters. The monoisotopic (exact) mass is 581 g/mol. The topological polar surface area (TPSA) is 94.4 Å². The molecule has 1 N–H and O–H groups in total. The van der Waals surface area contributed by atoms with Gasteiger partial charge >= 0.3 is 5.97 Å². The van der Waals surface area contributed by atoms with Crippen molar-refractivity contribution in [2.24, 2.45) is 4.99 Å². The zero-order valence-corrected chi connectivity index (χ0v) is 23.2. The summed E-state index contributed by atoms with van der Waals surface area (Å²) in [5, 5.41) is 11.2. The average molecular weight is 582 g/mol. The van der Waals surface area contributed by atoms with Gasteiger partial charge in [0.1, 0.15) is 28.8 Å². The standard InChI is InChI=1S/C30H25ClFNO6S/c1-3-37-24-15-18(12-13-23(24)39-17-19-8-7-9-20(32)14-19)16-25-27(34)26(30(36)38-4-2)29(40-25)33-28(35)21-10-5-6-11-22(21)31/h5-16,34H,3-4,17H2,1-2H3/b25-16-,33-29?. The number of carbonyl (C=O) groups is 2. The molecule has 1 amide bonds. The Bertz CT molecular complexity index is 1530. The number of thioether (sulfide) groups is 1. The summed E-state index contributed by atoms with van der Waals surface area (Å²) in [6, 6.07) is 17.7. The number of hydrogen-bond acceptors (Lipinski definition) is 7. The van der Waals surface area contributed by atoms with E-state index in [4.69, 9.17) is 25.8 Å². The van der Waals surface area contributed by atoms with Crippen LogP contribution >= 0.6 is 23.4 Å². The average Bonchev–Trinajstić information content (AvgIpc) is 3.22. The van der Waals surface area contributed by atoms with Crippen molar-refractivity contribution in [3.05, 3.63) is 110 Å². The lowest BCUT2D eigenvalue weighted by Crippen LogP contribution is -2.14. The van der Waals surface area contributed by atoms with Gasteiger partial charge in [-0.2, -0.15) is 0 Å². The summed E-state index contributed by atoms with van der Waals surface area (Å²) in [6.45, 7) is 4.03. The van der Waals surface area contributed by atoms with E-state index in [1.807, 2.05) is 6.92 Å². The summed E-state index contributed by atoms with van der Waals surface area (Å²) in [5.41, 5.74) is 1.24. The van der Waals surface area contributed by atoms with Gasteiger partial charge in [0, 0.05) is 0 Å². The lowest BCUT2D eigenvalue weighted by Gasteiger charge is -2.13. The van der Waals surface area contributed by atoms with Crippen LogP contribution in [0.5, 0.6) is 11.5 Å². The Kier molecular flexibility index (Phi) is 9.63. The molecule has 0 aromatic heterocycles. The second kappa shape index (κ2) is 13.3. The van der Waals surface area contributed by atoms with Crippen LogP contribution in [0.3, 0.4) is 0 Å². The van der Waals surface area contributed by atoms with E-state index in [-0.39, 0.29) is 50.9 Å². The summed E-state index contributed by atoms with van der Waals surface area (Å²) in [7, 11) is 0. The van der Waals surface area contributed by atoms with Gasteiger partial charge in [-0.05, 0) is 67.4 Å². The van der Waals surface area contributed by atoms with Crippen molar-refractivity contribution in [1.29, 1.82) is 0 Å². The maximum atomic E-state index is 13.5. The number of esters is 1. The van der Waals surface area contributed by atoms with E-state index in [1.165, 1.54) is 18.2 Å². The minimum absolute atomic E-state index is 0.00722. The van der Waals surface area contributed by atoms with E-state index in [0.717, 1.165) is 11.8 Å². The fourth-order valence-electron chi connectivity index (χ4n) is 3.72. The van der Waals surface area contributed by atoms with Crippen molar-refractivity contribution in [2.45, 2.75) is 20.5 Å². The SMILES string of the molecule is CCOC(=O)C1=C(O)/C(=C/c2ccc(OCc3cccc(F)c3)c(OCC)c2)SC1=NC(=O)c1ccccc1Cl. The van der Waals surface area contributed by atoms with E-state index in [0.29, 0.717) is 29.2 Å². The number of ether oxygens (including phenoxy) is 3. The van der Waals surface area contributed by atoms with E-state index >= 15 is 0 Å². The van der Waals surface area contributed by atoms with Gasteiger partial charge in [0.2, 0.25) is 0 Å². The summed E-state index contributed by atoms with van der Waals surface area (Å²) in [6.07, 6.45) is 1.63. The minimum atomic E-state index is -0.808. The second-order valence-electron chi connectivity index (χ2n) is 8.31. The van der Waals surface area contributed by atoms with Crippen LogP contribution in [-0.2, 0) is 16.1 Å². The van der Waals surface area contributed by atoms with Crippen LogP contribution in [0.1, 0.15) is 35.3 Å². The predicted octanol–water partition coefficient (Wildman–Crippen LogP) is 7.16. The van der Waals surface area contributed by atoms with E-state index < -0.39 is 11.9 Å². The fraction of sp³-hybridized carbons (Fsp3) is 0.167. The Labute approximate surface area is 239 Å². The van der Waals surface area contributed by atoms with Gasteiger partial charge in [-0.15, -0.1) is 0 Å². The molecule has 0 fully saturated rings. The van der Waals surface area contributed by atoms with Gasteiger partial charge < -0.3 is 19.3 Å². The largest absolute Gasteiger partial charge is 0.506 e. The zero-order chi connectivity index (χ0) is 28.6. The van der Waals surface area contributed by atoms with E-state index in [9.17, 15) is 19.1 Å². The van der Waals surface area contributed by atoms with Gasteiger partial charge in [-0.1, -0.05) is 53.7 Å². The lowest BCUT2D eigenvalue weighted by atomic mass is 10.1. The zero-order valence-electron chi connectivity index (χ0n) is 21.6. The molecule has 0 bridgehead atoms. The highest BCUT2D eigenvalue weighted by molar-refractivity contribution is 8.18. The van der Waals surface area contributed by atoms with Crippen LogP contribution in [0.15, 0.2) is 88.0 Å². The number of carbonyl (C=O) groups excluding carboxylic acids is 2. The van der Waals surface area contributed by atoms with Crippen molar-refractivity contribution in [1.82, 2.24) is 0 Å². The predicted molar refractivity (Wildman–Crippen MR) is 153 cm³/mol. The first-order chi connectivity index (χ1) is 19.3. The molecule has 1 aliphatic heterocycles.